The SMILES string of the molecule is O=C1C(Cl)=C2c3ccc(O)c(Cl)c3C[C@]23CC[C@@H]1C3. The van der Waals surface area contributed by atoms with E-state index in [1.165, 1.54) is 0 Å². The molecular formula is C15H12Cl2O2. The molecule has 1 spiro atoms. The first-order valence-corrected chi connectivity index (χ1v) is 7.24. The molecule has 3 aliphatic carbocycles. The Bertz CT molecular complexity index is 662. The van der Waals surface area contributed by atoms with Crippen LogP contribution in [0.2, 0.25) is 5.02 Å². The van der Waals surface area contributed by atoms with Gasteiger partial charge >= 0.3 is 0 Å². The number of hydrogen-bond donors (Lipinski definition) is 1. The summed E-state index contributed by atoms with van der Waals surface area (Å²) in [5.41, 5.74) is 2.87. The minimum Gasteiger partial charge on any atom is -0.506 e. The molecule has 0 aromatic heterocycles. The monoisotopic (exact) mass is 294 g/mol. The summed E-state index contributed by atoms with van der Waals surface area (Å²) in [6, 6.07) is 3.43. The molecule has 0 saturated heterocycles. The molecule has 4 heteroatoms. The highest BCUT2D eigenvalue weighted by Crippen LogP contribution is 2.63. The Labute approximate surface area is 121 Å². The van der Waals surface area contributed by atoms with E-state index in [9.17, 15) is 9.90 Å². The molecule has 1 aromatic rings. The van der Waals surface area contributed by atoms with Gasteiger partial charge in [0.25, 0.3) is 0 Å². The number of phenols is 1. The van der Waals surface area contributed by atoms with Crippen molar-refractivity contribution in [1.82, 2.24) is 0 Å². The van der Waals surface area contributed by atoms with Crippen molar-refractivity contribution in [2.45, 2.75) is 25.7 Å². The van der Waals surface area contributed by atoms with Gasteiger partial charge in [-0.1, -0.05) is 29.3 Å². The fourth-order valence-electron chi connectivity index (χ4n) is 4.12. The second-order valence-corrected chi connectivity index (χ2v) is 6.63. The number of carbonyl (C=O) groups is 1. The smallest absolute Gasteiger partial charge is 0.177 e. The van der Waals surface area contributed by atoms with Crippen molar-refractivity contribution in [1.29, 1.82) is 0 Å². The van der Waals surface area contributed by atoms with Gasteiger partial charge in [-0.25, -0.2) is 0 Å². The lowest BCUT2D eigenvalue weighted by atomic mass is 9.74. The van der Waals surface area contributed by atoms with Gasteiger partial charge in [0, 0.05) is 11.3 Å². The zero-order valence-electron chi connectivity index (χ0n) is 10.2. The predicted octanol–water partition coefficient (Wildman–Crippen LogP) is 3.92. The number of allylic oxidation sites excluding steroid dienone is 2. The number of benzene rings is 1. The predicted molar refractivity (Wildman–Crippen MR) is 74.4 cm³/mol. The number of halogens is 2. The number of Topliss-reactive ketones (excluding diaryl/α,β-unsaturated/α-hetero) is 1. The molecule has 0 radical (unpaired) electrons. The molecule has 4 rings (SSSR count). The molecule has 98 valence electrons. The van der Waals surface area contributed by atoms with Gasteiger partial charge in [-0.3, -0.25) is 4.79 Å². The van der Waals surface area contributed by atoms with Gasteiger partial charge in [-0.05, 0) is 48.4 Å². The standard InChI is InChI=1S/C15H12Cl2O2/c16-12-9-6-15-4-3-7(5-15)14(19)13(17)11(15)8(9)1-2-10(12)18/h1-2,7,18H,3-6H2/t7-,15-/m1/s1. The van der Waals surface area contributed by atoms with Crippen LogP contribution in [0, 0.1) is 11.3 Å². The number of fused-ring (bicyclic) bond motifs is 3. The lowest BCUT2D eigenvalue weighted by molar-refractivity contribution is -0.118. The molecule has 0 amide bonds. The Morgan fingerprint density at radius 3 is 2.89 bits per heavy atom. The van der Waals surface area contributed by atoms with E-state index in [4.69, 9.17) is 23.2 Å². The normalized spacial score (nSPS) is 31.7. The highest BCUT2D eigenvalue weighted by Gasteiger charge is 2.54. The van der Waals surface area contributed by atoms with Crippen molar-refractivity contribution in [2.24, 2.45) is 11.3 Å². The lowest BCUT2D eigenvalue weighted by Crippen LogP contribution is -2.25. The van der Waals surface area contributed by atoms with Gasteiger partial charge in [-0.15, -0.1) is 0 Å². The highest BCUT2D eigenvalue weighted by atomic mass is 35.5. The quantitative estimate of drug-likeness (QED) is 0.787. The number of ketones is 1. The third-order valence-corrected chi connectivity index (χ3v) is 5.75. The van der Waals surface area contributed by atoms with E-state index in [0.29, 0.717) is 10.1 Å². The molecule has 1 saturated carbocycles. The van der Waals surface area contributed by atoms with Crippen LogP contribution in [-0.2, 0) is 11.2 Å². The van der Waals surface area contributed by atoms with E-state index >= 15 is 0 Å². The zero-order valence-corrected chi connectivity index (χ0v) is 11.7. The number of aromatic hydroxyl groups is 1. The van der Waals surface area contributed by atoms with Crippen molar-refractivity contribution in [3.05, 3.63) is 33.3 Å². The van der Waals surface area contributed by atoms with Crippen molar-refractivity contribution in [3.63, 3.8) is 0 Å². The molecule has 1 N–H and O–H groups in total. The third-order valence-electron chi connectivity index (χ3n) is 4.95. The molecule has 1 aromatic carbocycles. The van der Waals surface area contributed by atoms with E-state index in [-0.39, 0.29) is 22.9 Å². The topological polar surface area (TPSA) is 37.3 Å². The molecule has 2 atom stereocenters. The molecular weight excluding hydrogens is 283 g/mol. The van der Waals surface area contributed by atoms with Crippen LogP contribution in [0.25, 0.3) is 5.57 Å². The fourth-order valence-corrected chi connectivity index (χ4v) is 4.81. The Kier molecular flexibility index (Phi) is 2.21. The molecule has 0 aliphatic heterocycles. The number of phenolic OH excluding ortho intramolecular Hbond substituents is 1. The van der Waals surface area contributed by atoms with Gasteiger partial charge in [0.1, 0.15) is 5.75 Å². The molecule has 0 unspecified atom stereocenters. The van der Waals surface area contributed by atoms with E-state index in [2.05, 4.69) is 0 Å². The Morgan fingerprint density at radius 1 is 1.32 bits per heavy atom. The molecule has 3 aliphatic rings. The first kappa shape index (κ1) is 11.8. The van der Waals surface area contributed by atoms with Crippen LogP contribution in [0.1, 0.15) is 30.4 Å². The maximum absolute atomic E-state index is 12.2. The van der Waals surface area contributed by atoms with Crippen molar-refractivity contribution in [3.8, 4) is 5.75 Å². The molecule has 19 heavy (non-hydrogen) atoms. The molecule has 0 heterocycles. The summed E-state index contributed by atoms with van der Waals surface area (Å²) in [5, 5.41) is 10.6. The van der Waals surface area contributed by atoms with Crippen LogP contribution in [0.15, 0.2) is 17.2 Å². The summed E-state index contributed by atoms with van der Waals surface area (Å²) in [4.78, 5) is 12.2. The van der Waals surface area contributed by atoms with Crippen LogP contribution < -0.4 is 0 Å². The lowest BCUT2D eigenvalue weighted by Gasteiger charge is -2.30. The molecule has 2 nitrogen and oxygen atoms in total. The van der Waals surface area contributed by atoms with Gasteiger partial charge in [0.15, 0.2) is 5.78 Å². The minimum absolute atomic E-state index is 0.0184. The largest absolute Gasteiger partial charge is 0.506 e. The zero-order chi connectivity index (χ0) is 13.4. The van der Waals surface area contributed by atoms with Gasteiger partial charge in [-0.2, -0.15) is 0 Å². The van der Waals surface area contributed by atoms with Crippen molar-refractivity contribution < 1.29 is 9.90 Å². The second-order valence-electron chi connectivity index (χ2n) is 5.87. The Balaban J connectivity index is 2.03. The number of rotatable bonds is 0. The van der Waals surface area contributed by atoms with Gasteiger partial charge in [0.2, 0.25) is 0 Å². The van der Waals surface area contributed by atoms with Gasteiger partial charge in [0.05, 0.1) is 10.1 Å². The van der Waals surface area contributed by atoms with Crippen molar-refractivity contribution in [2.75, 3.05) is 0 Å². The highest BCUT2D eigenvalue weighted by molar-refractivity contribution is 6.47. The minimum atomic E-state index is -0.0184. The number of hydrogen-bond acceptors (Lipinski definition) is 2. The second kappa shape index (κ2) is 3.56. The van der Waals surface area contributed by atoms with Crippen LogP contribution in [0.3, 0.4) is 0 Å². The van der Waals surface area contributed by atoms with Crippen LogP contribution in [0.5, 0.6) is 5.75 Å². The Hall–Kier alpha value is -0.990. The van der Waals surface area contributed by atoms with Crippen LogP contribution in [-0.4, -0.2) is 10.9 Å². The van der Waals surface area contributed by atoms with Crippen molar-refractivity contribution >= 4 is 34.6 Å². The summed E-state index contributed by atoms with van der Waals surface area (Å²) in [6.07, 6.45) is 3.57. The van der Waals surface area contributed by atoms with E-state index in [1.54, 1.807) is 6.07 Å². The van der Waals surface area contributed by atoms with E-state index < -0.39 is 0 Å². The first-order chi connectivity index (χ1) is 9.03. The van der Waals surface area contributed by atoms with E-state index in [0.717, 1.165) is 42.4 Å². The van der Waals surface area contributed by atoms with E-state index in [1.807, 2.05) is 6.07 Å². The summed E-state index contributed by atoms with van der Waals surface area (Å²) >= 11 is 12.6. The molecule has 1 fully saturated rings. The summed E-state index contributed by atoms with van der Waals surface area (Å²) in [5.74, 6) is 0.271. The average molecular weight is 295 g/mol. The first-order valence-electron chi connectivity index (χ1n) is 6.49. The summed E-state index contributed by atoms with van der Waals surface area (Å²) in [7, 11) is 0. The summed E-state index contributed by atoms with van der Waals surface area (Å²) in [6.45, 7) is 0. The maximum Gasteiger partial charge on any atom is 0.177 e. The van der Waals surface area contributed by atoms with Crippen LogP contribution in [0.4, 0.5) is 0 Å². The fraction of sp³-hybridized carbons (Fsp3) is 0.400. The van der Waals surface area contributed by atoms with Crippen LogP contribution >= 0.6 is 23.2 Å². The average Bonchev–Trinajstić information content (AvgIpc) is 2.93. The Morgan fingerprint density at radius 2 is 2.11 bits per heavy atom. The maximum atomic E-state index is 12.2. The molecule has 2 bridgehead atoms. The third kappa shape index (κ3) is 1.31. The summed E-state index contributed by atoms with van der Waals surface area (Å²) < 4.78 is 0. The number of carbonyl (C=O) groups excluding carboxylic acids is 1. The van der Waals surface area contributed by atoms with Gasteiger partial charge < -0.3 is 5.11 Å².